The van der Waals surface area contributed by atoms with E-state index in [1.807, 2.05) is 0 Å². The van der Waals surface area contributed by atoms with Crippen molar-refractivity contribution in [2.75, 3.05) is 29.6 Å². The van der Waals surface area contributed by atoms with Gasteiger partial charge in [-0.2, -0.15) is 5.26 Å². The number of halogens is 2. The van der Waals surface area contributed by atoms with Gasteiger partial charge in [-0.1, -0.05) is 23.7 Å². The van der Waals surface area contributed by atoms with Crippen molar-refractivity contribution in [3.63, 3.8) is 0 Å². The van der Waals surface area contributed by atoms with Crippen LogP contribution in [0.2, 0.25) is 5.02 Å². The fraction of sp³-hybridized carbons (Fsp3) is 0.258. The van der Waals surface area contributed by atoms with Gasteiger partial charge in [0.1, 0.15) is 42.7 Å². The lowest BCUT2D eigenvalue weighted by Gasteiger charge is -2.18. The number of amides is 1. The summed E-state index contributed by atoms with van der Waals surface area (Å²) in [4.78, 5) is 17.4. The van der Waals surface area contributed by atoms with E-state index >= 15 is 0 Å². The smallest absolute Gasteiger partial charge is 0.225 e. The lowest BCUT2D eigenvalue weighted by molar-refractivity contribution is -0.116. The van der Waals surface area contributed by atoms with E-state index in [9.17, 15) is 33.1 Å². The molecule has 1 fully saturated rings. The third kappa shape index (κ3) is 7.98. The number of aliphatic hydroxyl groups excluding tert-OH is 2. The Morgan fingerprint density at radius 3 is 2.72 bits per heavy atom. The lowest BCUT2D eigenvalue weighted by atomic mass is 10.1. The van der Waals surface area contributed by atoms with Crippen LogP contribution in [0.15, 0.2) is 60.8 Å². The van der Waals surface area contributed by atoms with E-state index in [0.717, 1.165) is 10.8 Å². The number of hydrogen-bond acceptors (Lipinski definition) is 11. The summed E-state index contributed by atoms with van der Waals surface area (Å²) in [5.74, 6) is -0.0675. The number of aliphatic hydroxyl groups is 2. The minimum atomic E-state index is -3.45. The van der Waals surface area contributed by atoms with Crippen LogP contribution in [-0.4, -0.2) is 59.8 Å². The first-order chi connectivity index (χ1) is 22.1. The molecule has 2 unspecified atom stereocenters. The zero-order chi connectivity index (χ0) is 32.8. The van der Waals surface area contributed by atoms with Crippen molar-refractivity contribution in [1.82, 2.24) is 4.98 Å². The lowest BCUT2D eigenvalue weighted by Crippen LogP contribution is -2.24. The van der Waals surface area contributed by atoms with Gasteiger partial charge in [0.05, 0.1) is 39.3 Å². The topological polar surface area (TPSA) is 171 Å². The van der Waals surface area contributed by atoms with Gasteiger partial charge in [-0.3, -0.25) is 9.78 Å². The molecule has 3 aromatic carbocycles. The third-order valence-corrected chi connectivity index (χ3v) is 11.5. The molecular formula is C31H28ClFN4O7S2. The number of nitriles is 1. The molecule has 1 aliphatic rings. The van der Waals surface area contributed by atoms with Gasteiger partial charge in [0.15, 0.2) is 0 Å². The minimum absolute atomic E-state index is 0.0948. The summed E-state index contributed by atoms with van der Waals surface area (Å²) >= 11 is 6.49. The number of rotatable bonds is 12. The van der Waals surface area contributed by atoms with E-state index < -0.39 is 32.7 Å². The SMILES string of the molecule is N#Cc1cnc2cc(OCC(O)CO)c(NC(=O)CC3CCSS3(=O)=O)cc2c1Nc1ccc(OCc2cccc(F)c2)c(Cl)c1. The van der Waals surface area contributed by atoms with Crippen LogP contribution in [0.1, 0.15) is 24.0 Å². The van der Waals surface area contributed by atoms with Crippen molar-refractivity contribution >= 4 is 65.1 Å². The molecule has 15 heteroatoms. The Kier molecular flexibility index (Phi) is 10.5. The van der Waals surface area contributed by atoms with E-state index in [4.69, 9.17) is 21.1 Å². The number of pyridine rings is 1. The van der Waals surface area contributed by atoms with Crippen LogP contribution in [0.4, 0.5) is 21.5 Å². The van der Waals surface area contributed by atoms with Crippen molar-refractivity contribution in [2.24, 2.45) is 0 Å². The highest BCUT2D eigenvalue weighted by Gasteiger charge is 2.34. The monoisotopic (exact) mass is 686 g/mol. The summed E-state index contributed by atoms with van der Waals surface area (Å²) in [6, 6.07) is 16.0. The van der Waals surface area contributed by atoms with E-state index in [2.05, 4.69) is 21.7 Å². The highest BCUT2D eigenvalue weighted by atomic mass is 35.5. The number of anilines is 3. The largest absolute Gasteiger partial charge is 0.489 e. The molecule has 0 bridgehead atoms. The van der Waals surface area contributed by atoms with Gasteiger partial charge in [0, 0.05) is 35.5 Å². The number of carbonyl (C=O) groups is 1. The summed E-state index contributed by atoms with van der Waals surface area (Å²) in [6.07, 6.45) is 0.248. The number of carbonyl (C=O) groups excluding carboxylic acids is 1. The molecule has 11 nitrogen and oxygen atoms in total. The van der Waals surface area contributed by atoms with E-state index in [0.29, 0.717) is 45.8 Å². The maximum atomic E-state index is 13.5. The predicted molar refractivity (Wildman–Crippen MR) is 174 cm³/mol. The van der Waals surface area contributed by atoms with Crippen LogP contribution in [0.25, 0.3) is 10.9 Å². The van der Waals surface area contributed by atoms with Gasteiger partial charge in [-0.05, 0) is 59.2 Å². The second-order valence-corrected chi connectivity index (χ2v) is 15.1. The van der Waals surface area contributed by atoms with Gasteiger partial charge < -0.3 is 30.3 Å². The van der Waals surface area contributed by atoms with Gasteiger partial charge in [-0.25, -0.2) is 12.8 Å². The molecule has 0 saturated carbocycles. The van der Waals surface area contributed by atoms with Crippen LogP contribution in [0.5, 0.6) is 11.5 Å². The minimum Gasteiger partial charge on any atom is -0.489 e. The Bertz CT molecular complexity index is 1920. The third-order valence-electron chi connectivity index (χ3n) is 7.00. The van der Waals surface area contributed by atoms with Gasteiger partial charge in [-0.15, -0.1) is 0 Å². The Labute approximate surface area is 272 Å². The Morgan fingerprint density at radius 1 is 1.20 bits per heavy atom. The Hall–Kier alpha value is -4.13. The van der Waals surface area contributed by atoms with Crippen molar-refractivity contribution in [3.05, 3.63) is 82.8 Å². The predicted octanol–water partition coefficient (Wildman–Crippen LogP) is 5.12. The standard InChI is InChI=1S/C31H28ClFN4O7S2/c32-25-9-21(4-5-28(25)43-16-18-2-1-3-20(33)8-18)36-31-19(13-34)14-35-26-12-29(44-17-22(39)15-38)27(11-24(26)31)37-30(40)10-23-6-7-45-46(23,41)42/h1-5,8-9,11-12,14,22-23,38-39H,6-7,10,15-17H2,(H,35,36)(H,37,40). The zero-order valence-electron chi connectivity index (χ0n) is 24.1. The fourth-order valence-electron chi connectivity index (χ4n) is 4.67. The molecule has 0 aliphatic carbocycles. The van der Waals surface area contributed by atoms with Crippen LogP contribution in [0.3, 0.4) is 0 Å². The average molecular weight is 687 g/mol. The number of ether oxygens (including phenoxy) is 2. The first-order valence-corrected chi connectivity index (χ1v) is 17.4. The Morgan fingerprint density at radius 2 is 2.02 bits per heavy atom. The molecule has 5 rings (SSSR count). The molecule has 46 heavy (non-hydrogen) atoms. The first-order valence-electron chi connectivity index (χ1n) is 14.0. The van der Waals surface area contributed by atoms with Gasteiger partial charge in [0.25, 0.3) is 0 Å². The summed E-state index contributed by atoms with van der Waals surface area (Å²) < 4.78 is 49.5. The molecule has 1 saturated heterocycles. The second kappa shape index (κ2) is 14.5. The summed E-state index contributed by atoms with van der Waals surface area (Å²) in [7, 11) is -2.62. The van der Waals surface area contributed by atoms with E-state index in [1.54, 1.807) is 30.3 Å². The molecule has 0 radical (unpaired) electrons. The fourth-order valence-corrected chi connectivity index (χ4v) is 8.68. The normalized spacial score (nSPS) is 16.0. The molecule has 4 N–H and O–H groups in total. The highest BCUT2D eigenvalue weighted by molar-refractivity contribution is 8.72. The molecule has 4 aromatic rings. The van der Waals surface area contributed by atoms with Crippen LogP contribution >= 0.6 is 22.4 Å². The van der Waals surface area contributed by atoms with E-state index in [1.165, 1.54) is 30.5 Å². The van der Waals surface area contributed by atoms with Crippen molar-refractivity contribution < 1.29 is 37.3 Å². The number of fused-ring (bicyclic) bond motifs is 1. The number of aromatic nitrogens is 1. The highest BCUT2D eigenvalue weighted by Crippen LogP contribution is 2.38. The number of nitrogens with zero attached hydrogens (tertiary/aromatic N) is 2. The molecule has 2 heterocycles. The molecule has 1 aromatic heterocycles. The maximum absolute atomic E-state index is 13.5. The van der Waals surface area contributed by atoms with E-state index in [-0.39, 0.29) is 47.5 Å². The van der Waals surface area contributed by atoms with Gasteiger partial charge in [0.2, 0.25) is 14.8 Å². The summed E-state index contributed by atoms with van der Waals surface area (Å²) in [5.41, 5.74) is 2.14. The summed E-state index contributed by atoms with van der Waals surface area (Å²) in [5, 5.41) is 34.7. The average Bonchev–Trinajstić information content (AvgIpc) is 3.36. The summed E-state index contributed by atoms with van der Waals surface area (Å²) in [6.45, 7) is -0.759. The molecule has 1 amide bonds. The van der Waals surface area contributed by atoms with Crippen LogP contribution in [0, 0.1) is 17.1 Å². The first kappa shape index (κ1) is 33.2. The van der Waals surface area contributed by atoms with Gasteiger partial charge >= 0.3 is 0 Å². The number of benzene rings is 3. The van der Waals surface area contributed by atoms with Crippen LogP contribution < -0.4 is 20.1 Å². The molecule has 240 valence electrons. The quantitative estimate of drug-likeness (QED) is 0.146. The second-order valence-electron chi connectivity index (χ2n) is 10.3. The number of hydrogen-bond donors (Lipinski definition) is 4. The maximum Gasteiger partial charge on any atom is 0.225 e. The number of nitrogens with one attached hydrogen (secondary N) is 2. The Balaban J connectivity index is 1.45. The van der Waals surface area contributed by atoms with Crippen molar-refractivity contribution in [2.45, 2.75) is 30.8 Å². The van der Waals surface area contributed by atoms with Crippen molar-refractivity contribution in [3.8, 4) is 17.6 Å². The van der Waals surface area contributed by atoms with Crippen LogP contribution in [-0.2, 0) is 20.3 Å². The zero-order valence-corrected chi connectivity index (χ0v) is 26.5. The molecule has 0 spiro atoms. The molecule has 1 aliphatic heterocycles. The molecule has 2 atom stereocenters. The molecular weight excluding hydrogens is 659 g/mol. The van der Waals surface area contributed by atoms with Crippen molar-refractivity contribution in [1.29, 1.82) is 5.26 Å².